The van der Waals surface area contributed by atoms with Gasteiger partial charge < -0.3 is 5.32 Å². The predicted molar refractivity (Wildman–Crippen MR) is 70.1 cm³/mol. The molecule has 1 aliphatic carbocycles. The number of hydrogen-bond acceptors (Lipinski definition) is 3. The van der Waals surface area contributed by atoms with Crippen molar-refractivity contribution in [3.8, 4) is 0 Å². The molecule has 2 rings (SSSR count). The zero-order chi connectivity index (χ0) is 13.2. The molecule has 98 valence electrons. The summed E-state index contributed by atoms with van der Waals surface area (Å²) in [6, 6.07) is 5.82. The summed E-state index contributed by atoms with van der Waals surface area (Å²) in [5.74, 6) is 0.480. The highest BCUT2D eigenvalue weighted by atomic mass is 35.7. The molecule has 1 saturated carbocycles. The Hall–Kier alpha value is -1.07. The van der Waals surface area contributed by atoms with E-state index in [0.717, 1.165) is 12.8 Å². The first-order valence-electron chi connectivity index (χ1n) is 5.80. The zero-order valence-electron chi connectivity index (χ0n) is 9.73. The molecule has 1 fully saturated rings. The second-order valence-electron chi connectivity index (χ2n) is 4.51. The molecule has 0 saturated heterocycles. The second kappa shape index (κ2) is 5.28. The van der Waals surface area contributed by atoms with Crippen molar-refractivity contribution in [2.75, 3.05) is 5.32 Å². The molecule has 6 heteroatoms. The van der Waals surface area contributed by atoms with E-state index in [9.17, 15) is 13.2 Å². The van der Waals surface area contributed by atoms with Crippen molar-refractivity contribution in [1.82, 2.24) is 0 Å². The van der Waals surface area contributed by atoms with Crippen molar-refractivity contribution in [3.63, 3.8) is 0 Å². The van der Waals surface area contributed by atoms with Gasteiger partial charge in [-0.1, -0.05) is 6.42 Å². The van der Waals surface area contributed by atoms with Crippen molar-refractivity contribution in [2.45, 2.75) is 30.6 Å². The van der Waals surface area contributed by atoms with Gasteiger partial charge in [-0.25, -0.2) is 8.42 Å². The van der Waals surface area contributed by atoms with Crippen LogP contribution in [0.25, 0.3) is 0 Å². The molecular formula is C12H14ClNO3S. The number of anilines is 1. The minimum atomic E-state index is -3.70. The molecule has 18 heavy (non-hydrogen) atoms. The minimum Gasteiger partial charge on any atom is -0.326 e. The number of carbonyl (C=O) groups is 1. The van der Waals surface area contributed by atoms with Gasteiger partial charge in [-0.2, -0.15) is 0 Å². The van der Waals surface area contributed by atoms with E-state index in [-0.39, 0.29) is 10.8 Å². The Bertz CT molecular complexity index is 535. The zero-order valence-corrected chi connectivity index (χ0v) is 11.3. The van der Waals surface area contributed by atoms with Crippen LogP contribution in [0.1, 0.15) is 25.7 Å². The lowest BCUT2D eigenvalue weighted by molar-refractivity contribution is -0.117. The topological polar surface area (TPSA) is 63.2 Å². The lowest BCUT2D eigenvalue weighted by Gasteiger charge is -2.24. The normalized spacial score (nSPS) is 16.1. The first kappa shape index (κ1) is 13.4. The maximum atomic E-state index is 11.6. The van der Waals surface area contributed by atoms with Gasteiger partial charge in [0.15, 0.2) is 0 Å². The first-order valence-corrected chi connectivity index (χ1v) is 8.10. The highest BCUT2D eigenvalue weighted by molar-refractivity contribution is 8.13. The molecule has 1 aromatic rings. The summed E-state index contributed by atoms with van der Waals surface area (Å²) in [6.45, 7) is 0. The Morgan fingerprint density at radius 3 is 2.33 bits per heavy atom. The maximum absolute atomic E-state index is 11.6. The van der Waals surface area contributed by atoms with Crippen molar-refractivity contribution in [3.05, 3.63) is 24.3 Å². The minimum absolute atomic E-state index is 0.0267. The molecule has 0 radical (unpaired) electrons. The van der Waals surface area contributed by atoms with Gasteiger partial charge in [0.05, 0.1) is 4.90 Å². The molecule has 1 amide bonds. The number of hydrogen-bond donors (Lipinski definition) is 1. The van der Waals surface area contributed by atoms with E-state index in [0.29, 0.717) is 18.0 Å². The largest absolute Gasteiger partial charge is 0.326 e. The number of carbonyl (C=O) groups excluding carboxylic acids is 1. The molecule has 0 spiro atoms. The van der Waals surface area contributed by atoms with Gasteiger partial charge in [0, 0.05) is 22.8 Å². The summed E-state index contributed by atoms with van der Waals surface area (Å²) in [5, 5.41) is 2.74. The number of rotatable bonds is 4. The number of nitrogens with one attached hydrogen (secondary N) is 1. The standard InChI is InChI=1S/C12H14ClNO3S/c13-18(16,17)11-6-4-10(5-7-11)14-12(15)8-9-2-1-3-9/h4-7,9H,1-3,8H2,(H,14,15). The van der Waals surface area contributed by atoms with E-state index >= 15 is 0 Å². The van der Waals surface area contributed by atoms with Crippen LogP contribution in [0.5, 0.6) is 0 Å². The van der Waals surface area contributed by atoms with Gasteiger partial charge in [0.25, 0.3) is 9.05 Å². The van der Waals surface area contributed by atoms with Crippen LogP contribution in [-0.2, 0) is 13.8 Å². The summed E-state index contributed by atoms with van der Waals surface area (Å²) in [5.41, 5.74) is 0.586. The Kier molecular flexibility index (Phi) is 3.92. The third-order valence-electron chi connectivity index (χ3n) is 3.12. The van der Waals surface area contributed by atoms with Crippen LogP contribution in [0.4, 0.5) is 5.69 Å². The van der Waals surface area contributed by atoms with Gasteiger partial charge >= 0.3 is 0 Å². The summed E-state index contributed by atoms with van der Waals surface area (Å²) in [7, 11) is 1.49. The monoisotopic (exact) mass is 287 g/mol. The van der Waals surface area contributed by atoms with E-state index in [1.54, 1.807) is 0 Å². The number of halogens is 1. The van der Waals surface area contributed by atoms with Crippen LogP contribution in [-0.4, -0.2) is 14.3 Å². The van der Waals surface area contributed by atoms with Crippen LogP contribution in [0, 0.1) is 5.92 Å². The van der Waals surface area contributed by atoms with E-state index in [4.69, 9.17) is 10.7 Å². The second-order valence-corrected chi connectivity index (χ2v) is 7.08. The third-order valence-corrected chi connectivity index (χ3v) is 4.49. The quantitative estimate of drug-likeness (QED) is 0.866. The van der Waals surface area contributed by atoms with Crippen molar-refractivity contribution < 1.29 is 13.2 Å². The maximum Gasteiger partial charge on any atom is 0.261 e. The molecule has 0 aliphatic heterocycles. The third kappa shape index (κ3) is 3.46. The highest BCUT2D eigenvalue weighted by Crippen LogP contribution is 2.29. The lowest BCUT2D eigenvalue weighted by atomic mass is 9.83. The predicted octanol–water partition coefficient (Wildman–Crippen LogP) is 2.74. The van der Waals surface area contributed by atoms with Gasteiger partial charge in [0.2, 0.25) is 5.91 Å². The van der Waals surface area contributed by atoms with Crippen LogP contribution in [0.2, 0.25) is 0 Å². The van der Waals surface area contributed by atoms with Gasteiger partial charge in [-0.05, 0) is 43.0 Å². The highest BCUT2D eigenvalue weighted by Gasteiger charge is 2.20. The van der Waals surface area contributed by atoms with E-state index in [2.05, 4.69) is 5.32 Å². The molecular weight excluding hydrogens is 274 g/mol. The molecule has 1 aromatic carbocycles. The molecule has 0 heterocycles. The van der Waals surface area contributed by atoms with E-state index in [1.165, 1.54) is 30.7 Å². The summed E-state index contributed by atoms with van der Waals surface area (Å²) in [6.07, 6.45) is 3.99. The van der Waals surface area contributed by atoms with Crippen LogP contribution < -0.4 is 5.32 Å². The van der Waals surface area contributed by atoms with E-state index < -0.39 is 9.05 Å². The molecule has 1 aliphatic rings. The average Bonchev–Trinajstić information content (AvgIpc) is 2.23. The summed E-state index contributed by atoms with van der Waals surface area (Å²) >= 11 is 0. The number of benzene rings is 1. The molecule has 0 atom stereocenters. The van der Waals surface area contributed by atoms with Gasteiger partial charge in [-0.15, -0.1) is 0 Å². The Labute approximate surface area is 111 Å². The van der Waals surface area contributed by atoms with Gasteiger partial charge in [0.1, 0.15) is 0 Å². The van der Waals surface area contributed by atoms with Crippen molar-refractivity contribution in [2.24, 2.45) is 5.92 Å². The molecule has 0 bridgehead atoms. The first-order chi connectivity index (χ1) is 8.45. The molecule has 4 nitrogen and oxygen atoms in total. The fourth-order valence-corrected chi connectivity index (χ4v) is 2.64. The van der Waals surface area contributed by atoms with Crippen LogP contribution >= 0.6 is 10.7 Å². The van der Waals surface area contributed by atoms with E-state index in [1.807, 2.05) is 0 Å². The Morgan fingerprint density at radius 2 is 1.89 bits per heavy atom. The Morgan fingerprint density at radius 1 is 1.28 bits per heavy atom. The average molecular weight is 288 g/mol. The molecule has 1 N–H and O–H groups in total. The smallest absolute Gasteiger partial charge is 0.261 e. The van der Waals surface area contributed by atoms with Crippen molar-refractivity contribution >= 4 is 31.3 Å². The van der Waals surface area contributed by atoms with Crippen LogP contribution in [0.15, 0.2) is 29.2 Å². The van der Waals surface area contributed by atoms with Crippen molar-refractivity contribution in [1.29, 1.82) is 0 Å². The van der Waals surface area contributed by atoms with Gasteiger partial charge in [-0.3, -0.25) is 4.79 Å². The Balaban J connectivity index is 1.95. The van der Waals surface area contributed by atoms with Crippen LogP contribution in [0.3, 0.4) is 0 Å². The fourth-order valence-electron chi connectivity index (χ4n) is 1.87. The molecule has 0 aromatic heterocycles. The SMILES string of the molecule is O=C(CC1CCC1)Nc1ccc(S(=O)(=O)Cl)cc1. The summed E-state index contributed by atoms with van der Waals surface area (Å²) < 4.78 is 22.1. The fraction of sp³-hybridized carbons (Fsp3) is 0.417. The lowest BCUT2D eigenvalue weighted by Crippen LogP contribution is -2.20. The molecule has 0 unspecified atom stereocenters. The summed E-state index contributed by atoms with van der Waals surface area (Å²) in [4.78, 5) is 11.7. The number of amides is 1.